The van der Waals surface area contributed by atoms with E-state index in [9.17, 15) is 0 Å². The Balaban J connectivity index is 3.35. The van der Waals surface area contributed by atoms with Gasteiger partial charge in [-0.3, -0.25) is 0 Å². The molecule has 0 saturated carbocycles. The van der Waals surface area contributed by atoms with E-state index in [-0.39, 0.29) is 0 Å². The molecule has 0 aromatic carbocycles. The lowest BCUT2D eigenvalue weighted by atomic mass is 10.4. The summed E-state index contributed by atoms with van der Waals surface area (Å²) in [6.45, 7) is 5.96. The molecule has 0 unspecified atom stereocenters. The van der Waals surface area contributed by atoms with Gasteiger partial charge in [0.05, 0.1) is 0 Å². The molecular weight excluding hydrogens is 148 g/mol. The van der Waals surface area contributed by atoms with E-state index in [0.717, 1.165) is 17.2 Å². The lowest BCUT2D eigenvalue weighted by Gasteiger charge is -1.89. The van der Waals surface area contributed by atoms with Crippen molar-refractivity contribution < 1.29 is 0 Å². The second kappa shape index (κ2) is 3.90. The summed E-state index contributed by atoms with van der Waals surface area (Å²) >= 11 is 0. The van der Waals surface area contributed by atoms with Crippen LogP contribution in [0.1, 0.15) is 17.2 Å². The van der Waals surface area contributed by atoms with Gasteiger partial charge in [-0.25, -0.2) is 4.98 Å². The van der Waals surface area contributed by atoms with Crippen LogP contribution in [0.2, 0.25) is 0 Å². The van der Waals surface area contributed by atoms with Crippen LogP contribution in [-0.4, -0.2) is 9.97 Å². The standard InChI is InChI=1S/C10H14N2/c1-8-6-4-5-7-9(2)12-10(3)11-8/h4-7H,1-3H3,(H,11,12). The van der Waals surface area contributed by atoms with Crippen molar-refractivity contribution in [3.8, 4) is 0 Å². The molecule has 1 N–H and O–H groups in total. The van der Waals surface area contributed by atoms with E-state index >= 15 is 0 Å². The Bertz CT molecular complexity index is 282. The number of aryl methyl sites for hydroxylation is 3. The van der Waals surface area contributed by atoms with E-state index in [0.29, 0.717) is 0 Å². The number of aromatic nitrogens is 2. The molecule has 64 valence electrons. The molecule has 0 bridgehead atoms. The van der Waals surface area contributed by atoms with Crippen molar-refractivity contribution in [3.63, 3.8) is 0 Å². The summed E-state index contributed by atoms with van der Waals surface area (Å²) in [6.07, 6.45) is 0. The average Bonchev–Trinajstić information content (AvgIpc) is 2.01. The third-order valence-corrected chi connectivity index (χ3v) is 1.52. The minimum Gasteiger partial charge on any atom is -0.348 e. The average molecular weight is 162 g/mol. The summed E-state index contributed by atoms with van der Waals surface area (Å²) in [5, 5.41) is 0. The summed E-state index contributed by atoms with van der Waals surface area (Å²) in [5.41, 5.74) is 2.12. The van der Waals surface area contributed by atoms with E-state index in [2.05, 4.69) is 9.97 Å². The molecule has 0 fully saturated rings. The van der Waals surface area contributed by atoms with Crippen molar-refractivity contribution in [2.75, 3.05) is 0 Å². The number of rotatable bonds is 0. The Morgan fingerprint density at radius 2 is 1.75 bits per heavy atom. The zero-order valence-electron chi connectivity index (χ0n) is 7.76. The van der Waals surface area contributed by atoms with Gasteiger partial charge in [0, 0.05) is 11.4 Å². The van der Waals surface area contributed by atoms with Crippen LogP contribution in [0.25, 0.3) is 0 Å². The monoisotopic (exact) mass is 162 g/mol. The molecule has 0 aliphatic carbocycles. The van der Waals surface area contributed by atoms with Crippen LogP contribution >= 0.6 is 0 Å². The molecule has 2 nitrogen and oxygen atoms in total. The van der Waals surface area contributed by atoms with Crippen LogP contribution in [0.4, 0.5) is 0 Å². The maximum atomic E-state index is 4.32. The zero-order valence-corrected chi connectivity index (χ0v) is 7.76. The van der Waals surface area contributed by atoms with Crippen LogP contribution in [0.15, 0.2) is 24.3 Å². The van der Waals surface area contributed by atoms with Gasteiger partial charge >= 0.3 is 0 Å². The quantitative estimate of drug-likeness (QED) is 0.623. The molecule has 1 heterocycles. The SMILES string of the molecule is Cc1ccccc(C)[nH]c(C)n1. The summed E-state index contributed by atoms with van der Waals surface area (Å²) in [6, 6.07) is 8.00. The van der Waals surface area contributed by atoms with Gasteiger partial charge in [-0.1, -0.05) is 12.1 Å². The van der Waals surface area contributed by atoms with E-state index in [1.807, 2.05) is 45.0 Å². The Kier molecular flexibility index (Phi) is 2.86. The van der Waals surface area contributed by atoms with Crippen LogP contribution in [0, 0.1) is 20.8 Å². The molecule has 0 spiro atoms. The highest BCUT2D eigenvalue weighted by atomic mass is 14.8. The highest BCUT2D eigenvalue weighted by Gasteiger charge is 1.82. The zero-order chi connectivity index (χ0) is 8.97. The molecule has 2 heteroatoms. The maximum Gasteiger partial charge on any atom is 0.103 e. The summed E-state index contributed by atoms with van der Waals surface area (Å²) in [5.74, 6) is 0.932. The summed E-state index contributed by atoms with van der Waals surface area (Å²) < 4.78 is 0. The first-order chi connectivity index (χ1) is 5.68. The molecule has 12 heavy (non-hydrogen) atoms. The number of hydrogen-bond donors (Lipinski definition) is 1. The number of hydrogen-bond acceptors (Lipinski definition) is 1. The fourth-order valence-electron chi connectivity index (χ4n) is 1.05. The van der Waals surface area contributed by atoms with Crippen LogP contribution < -0.4 is 0 Å². The van der Waals surface area contributed by atoms with Gasteiger partial charge in [0.1, 0.15) is 5.82 Å². The Morgan fingerprint density at radius 3 is 2.50 bits per heavy atom. The highest BCUT2D eigenvalue weighted by Crippen LogP contribution is 1.92. The molecule has 0 amide bonds. The summed E-state index contributed by atoms with van der Waals surface area (Å²) in [7, 11) is 0. The largest absolute Gasteiger partial charge is 0.348 e. The van der Waals surface area contributed by atoms with Gasteiger partial charge in [-0.05, 0) is 32.9 Å². The fraction of sp³-hybridized carbons (Fsp3) is 0.300. The van der Waals surface area contributed by atoms with Gasteiger partial charge in [-0.15, -0.1) is 0 Å². The van der Waals surface area contributed by atoms with Crippen LogP contribution in [0.5, 0.6) is 0 Å². The van der Waals surface area contributed by atoms with Gasteiger partial charge in [0.15, 0.2) is 0 Å². The molecule has 0 aliphatic rings. The maximum absolute atomic E-state index is 4.32. The molecule has 1 aromatic heterocycles. The minimum atomic E-state index is 0.932. The topological polar surface area (TPSA) is 28.7 Å². The third-order valence-electron chi connectivity index (χ3n) is 1.52. The van der Waals surface area contributed by atoms with Crippen LogP contribution in [-0.2, 0) is 0 Å². The number of nitrogens with one attached hydrogen (secondary N) is 1. The van der Waals surface area contributed by atoms with Crippen molar-refractivity contribution in [2.45, 2.75) is 20.8 Å². The van der Waals surface area contributed by atoms with Crippen molar-refractivity contribution in [2.24, 2.45) is 0 Å². The van der Waals surface area contributed by atoms with Gasteiger partial charge in [0.25, 0.3) is 0 Å². The van der Waals surface area contributed by atoms with Gasteiger partial charge in [-0.2, -0.15) is 0 Å². The van der Waals surface area contributed by atoms with Gasteiger partial charge in [0.2, 0.25) is 0 Å². The molecule has 0 saturated heterocycles. The van der Waals surface area contributed by atoms with E-state index in [1.165, 1.54) is 0 Å². The van der Waals surface area contributed by atoms with Crippen molar-refractivity contribution in [1.82, 2.24) is 9.97 Å². The van der Waals surface area contributed by atoms with E-state index < -0.39 is 0 Å². The lowest BCUT2D eigenvalue weighted by Crippen LogP contribution is -1.85. The molecule has 0 radical (unpaired) electrons. The molecule has 1 rings (SSSR count). The molecule has 0 atom stereocenters. The Hall–Kier alpha value is -1.31. The second-order valence-corrected chi connectivity index (χ2v) is 2.86. The smallest absolute Gasteiger partial charge is 0.103 e. The molecule has 0 aliphatic heterocycles. The Labute approximate surface area is 73.0 Å². The number of nitrogens with zero attached hydrogens (tertiary/aromatic N) is 1. The lowest BCUT2D eigenvalue weighted by molar-refractivity contribution is 1.02. The van der Waals surface area contributed by atoms with Crippen molar-refractivity contribution >= 4 is 0 Å². The first-order valence-corrected chi connectivity index (χ1v) is 4.02. The van der Waals surface area contributed by atoms with E-state index in [4.69, 9.17) is 0 Å². The normalized spacial score (nSPS) is 9.25. The first-order valence-electron chi connectivity index (χ1n) is 4.02. The predicted molar refractivity (Wildman–Crippen MR) is 50.4 cm³/mol. The molecular formula is C10H14N2. The van der Waals surface area contributed by atoms with Crippen molar-refractivity contribution in [3.05, 3.63) is 41.5 Å². The predicted octanol–water partition coefficient (Wildman–Crippen LogP) is 2.46. The third kappa shape index (κ3) is 2.74. The van der Waals surface area contributed by atoms with E-state index in [1.54, 1.807) is 0 Å². The van der Waals surface area contributed by atoms with Crippen LogP contribution in [0.3, 0.4) is 0 Å². The number of H-pyrrole nitrogens is 1. The first kappa shape index (κ1) is 8.78. The number of aromatic amines is 1. The van der Waals surface area contributed by atoms with Crippen molar-refractivity contribution in [1.29, 1.82) is 0 Å². The summed E-state index contributed by atoms with van der Waals surface area (Å²) in [4.78, 5) is 7.49. The molecule has 1 aromatic rings. The van der Waals surface area contributed by atoms with Gasteiger partial charge < -0.3 is 4.98 Å². The Morgan fingerprint density at radius 1 is 1.08 bits per heavy atom. The highest BCUT2D eigenvalue weighted by molar-refractivity contribution is 5.04. The second-order valence-electron chi connectivity index (χ2n) is 2.86. The minimum absolute atomic E-state index is 0.932. The fourth-order valence-corrected chi connectivity index (χ4v) is 1.05.